The molecule has 3 heteroatoms. The summed E-state index contributed by atoms with van der Waals surface area (Å²) in [4.78, 5) is 0. The van der Waals surface area contributed by atoms with Crippen LogP contribution in [0.5, 0.6) is 0 Å². The van der Waals surface area contributed by atoms with Gasteiger partial charge in [0.25, 0.3) is 0 Å². The molecule has 1 aliphatic carbocycles. The Morgan fingerprint density at radius 2 is 1.95 bits per heavy atom. The molecule has 0 bridgehead atoms. The van der Waals surface area contributed by atoms with Gasteiger partial charge in [-0.1, -0.05) is 50.5 Å². The molecule has 1 saturated carbocycles. The van der Waals surface area contributed by atoms with E-state index in [1.807, 2.05) is 6.33 Å². The van der Waals surface area contributed by atoms with Crippen molar-refractivity contribution in [1.82, 2.24) is 14.8 Å². The Kier molecular flexibility index (Phi) is 2.69. The van der Waals surface area contributed by atoms with Crippen LogP contribution in [0.2, 0.25) is 0 Å². The Hall–Kier alpha value is -1.64. The van der Waals surface area contributed by atoms with Crippen LogP contribution in [-0.4, -0.2) is 14.8 Å². The van der Waals surface area contributed by atoms with Gasteiger partial charge in [0.15, 0.2) is 5.82 Å². The maximum atomic E-state index is 4.46. The Labute approximate surface area is 120 Å². The van der Waals surface area contributed by atoms with Crippen molar-refractivity contribution in [1.29, 1.82) is 0 Å². The summed E-state index contributed by atoms with van der Waals surface area (Å²) in [5, 5.41) is 8.69. The first-order chi connectivity index (χ1) is 9.80. The molecule has 1 aromatic heterocycles. The highest BCUT2D eigenvalue weighted by Crippen LogP contribution is 2.47. The van der Waals surface area contributed by atoms with Gasteiger partial charge in [-0.15, -0.1) is 10.2 Å². The highest BCUT2D eigenvalue weighted by Gasteiger charge is 2.40. The lowest BCUT2D eigenvalue weighted by Crippen LogP contribution is -2.36. The average Bonchev–Trinajstić information content (AvgIpc) is 2.95. The van der Waals surface area contributed by atoms with Crippen molar-refractivity contribution in [3.8, 4) is 11.4 Å². The van der Waals surface area contributed by atoms with Gasteiger partial charge in [-0.3, -0.25) is 0 Å². The lowest BCUT2D eigenvalue weighted by molar-refractivity contribution is 0.172. The predicted octanol–water partition coefficient (Wildman–Crippen LogP) is 4.11. The fraction of sp³-hybridized carbons (Fsp3) is 0.529. The Bertz CT molecular complexity index is 623. The van der Waals surface area contributed by atoms with Crippen LogP contribution >= 0.6 is 0 Å². The molecule has 3 nitrogen and oxygen atoms in total. The summed E-state index contributed by atoms with van der Waals surface area (Å²) >= 11 is 0. The van der Waals surface area contributed by atoms with E-state index >= 15 is 0 Å². The molecule has 1 spiro atoms. The molecule has 2 aliphatic rings. The zero-order valence-corrected chi connectivity index (χ0v) is 12.0. The first-order valence-corrected chi connectivity index (χ1v) is 7.80. The van der Waals surface area contributed by atoms with Gasteiger partial charge in [-0.25, -0.2) is 0 Å². The fourth-order valence-corrected chi connectivity index (χ4v) is 4.33. The summed E-state index contributed by atoms with van der Waals surface area (Å²) in [5.41, 5.74) is 2.96. The van der Waals surface area contributed by atoms with Crippen LogP contribution in [0, 0.1) is 0 Å². The fourth-order valence-electron chi connectivity index (χ4n) is 4.33. The van der Waals surface area contributed by atoms with Crippen molar-refractivity contribution in [3.63, 3.8) is 0 Å². The Morgan fingerprint density at radius 1 is 1.15 bits per heavy atom. The van der Waals surface area contributed by atoms with E-state index in [1.54, 1.807) is 0 Å². The van der Waals surface area contributed by atoms with Gasteiger partial charge in [-0.05, 0) is 30.7 Å². The first-order valence-electron chi connectivity index (χ1n) is 7.80. The van der Waals surface area contributed by atoms with Crippen molar-refractivity contribution < 1.29 is 0 Å². The molecule has 4 rings (SSSR count). The zero-order valence-electron chi connectivity index (χ0n) is 12.0. The SMILES string of the molecule is CC1CC2(CCCCC2)n2cnnc2-c2ccccc21. The summed E-state index contributed by atoms with van der Waals surface area (Å²) in [5.74, 6) is 1.66. The molecule has 0 amide bonds. The van der Waals surface area contributed by atoms with Crippen LogP contribution in [-0.2, 0) is 5.54 Å². The van der Waals surface area contributed by atoms with E-state index in [0.717, 1.165) is 5.82 Å². The molecule has 0 radical (unpaired) electrons. The second kappa shape index (κ2) is 4.44. The minimum atomic E-state index is 0.246. The maximum absolute atomic E-state index is 4.46. The molecule has 0 N–H and O–H groups in total. The van der Waals surface area contributed by atoms with Crippen molar-refractivity contribution in [2.75, 3.05) is 0 Å². The minimum Gasteiger partial charge on any atom is -0.307 e. The molecule has 1 unspecified atom stereocenters. The second-order valence-electron chi connectivity index (χ2n) is 6.50. The van der Waals surface area contributed by atoms with Crippen molar-refractivity contribution in [2.45, 2.75) is 56.9 Å². The molecule has 104 valence electrons. The van der Waals surface area contributed by atoms with Gasteiger partial charge >= 0.3 is 0 Å². The monoisotopic (exact) mass is 267 g/mol. The predicted molar refractivity (Wildman–Crippen MR) is 79.5 cm³/mol. The standard InChI is InChI=1S/C17H21N3/c1-13-11-17(9-5-2-6-10-17)20-12-18-19-16(20)15-8-4-3-7-14(13)15/h3-4,7-8,12-13H,2,5-6,9-11H2,1H3. The second-order valence-corrected chi connectivity index (χ2v) is 6.50. The van der Waals surface area contributed by atoms with Crippen LogP contribution in [0.15, 0.2) is 30.6 Å². The quantitative estimate of drug-likeness (QED) is 0.719. The molecule has 1 fully saturated rings. The van der Waals surface area contributed by atoms with E-state index in [2.05, 4.69) is 46.0 Å². The van der Waals surface area contributed by atoms with Gasteiger partial charge in [-0.2, -0.15) is 0 Å². The first kappa shape index (κ1) is 12.1. The van der Waals surface area contributed by atoms with Gasteiger partial charge < -0.3 is 4.57 Å². The van der Waals surface area contributed by atoms with Crippen molar-refractivity contribution >= 4 is 0 Å². The smallest absolute Gasteiger partial charge is 0.164 e. The third kappa shape index (κ3) is 1.65. The minimum absolute atomic E-state index is 0.246. The molecule has 1 aliphatic heterocycles. The van der Waals surface area contributed by atoms with E-state index in [1.165, 1.54) is 49.7 Å². The number of rotatable bonds is 0. The lowest BCUT2D eigenvalue weighted by Gasteiger charge is -2.39. The molecular formula is C17H21N3. The van der Waals surface area contributed by atoms with Crippen molar-refractivity contribution in [2.24, 2.45) is 0 Å². The number of hydrogen-bond donors (Lipinski definition) is 0. The average molecular weight is 267 g/mol. The highest BCUT2D eigenvalue weighted by atomic mass is 15.3. The largest absolute Gasteiger partial charge is 0.307 e. The van der Waals surface area contributed by atoms with Crippen molar-refractivity contribution in [3.05, 3.63) is 36.2 Å². The van der Waals surface area contributed by atoms with E-state index in [4.69, 9.17) is 0 Å². The highest BCUT2D eigenvalue weighted by molar-refractivity contribution is 5.62. The van der Waals surface area contributed by atoms with Crippen LogP contribution < -0.4 is 0 Å². The van der Waals surface area contributed by atoms with Crippen LogP contribution in [0.1, 0.15) is 56.9 Å². The van der Waals surface area contributed by atoms with Gasteiger partial charge in [0.05, 0.1) is 0 Å². The molecular weight excluding hydrogens is 246 g/mol. The Morgan fingerprint density at radius 3 is 2.80 bits per heavy atom. The summed E-state index contributed by atoms with van der Waals surface area (Å²) in [6.45, 7) is 2.37. The summed E-state index contributed by atoms with van der Waals surface area (Å²) < 4.78 is 2.40. The number of hydrogen-bond acceptors (Lipinski definition) is 2. The van der Waals surface area contributed by atoms with Gasteiger partial charge in [0.2, 0.25) is 0 Å². The lowest BCUT2D eigenvalue weighted by atomic mass is 9.75. The molecule has 2 heterocycles. The summed E-state index contributed by atoms with van der Waals surface area (Å²) in [7, 11) is 0. The third-order valence-corrected chi connectivity index (χ3v) is 5.26. The number of fused-ring (bicyclic) bond motifs is 4. The topological polar surface area (TPSA) is 30.7 Å². The van der Waals surface area contributed by atoms with Gasteiger partial charge in [0, 0.05) is 11.1 Å². The third-order valence-electron chi connectivity index (χ3n) is 5.26. The van der Waals surface area contributed by atoms with E-state index in [9.17, 15) is 0 Å². The van der Waals surface area contributed by atoms with Crippen LogP contribution in [0.4, 0.5) is 0 Å². The van der Waals surface area contributed by atoms with Crippen LogP contribution in [0.3, 0.4) is 0 Å². The maximum Gasteiger partial charge on any atom is 0.164 e. The molecule has 0 saturated heterocycles. The van der Waals surface area contributed by atoms with E-state index < -0.39 is 0 Å². The normalized spacial score (nSPS) is 23.9. The van der Waals surface area contributed by atoms with E-state index in [0.29, 0.717) is 5.92 Å². The molecule has 20 heavy (non-hydrogen) atoms. The van der Waals surface area contributed by atoms with Gasteiger partial charge in [0.1, 0.15) is 6.33 Å². The van der Waals surface area contributed by atoms with Crippen LogP contribution in [0.25, 0.3) is 11.4 Å². The number of aromatic nitrogens is 3. The molecule has 1 aromatic carbocycles. The number of nitrogens with zero attached hydrogens (tertiary/aromatic N) is 3. The Balaban J connectivity index is 1.93. The molecule has 1 atom stereocenters. The summed E-state index contributed by atoms with van der Waals surface area (Å²) in [6.07, 6.45) is 9.78. The van der Waals surface area contributed by atoms with E-state index in [-0.39, 0.29) is 5.54 Å². The zero-order chi connectivity index (χ0) is 13.6. The number of benzene rings is 1. The molecule has 2 aromatic rings. The summed E-state index contributed by atoms with van der Waals surface area (Å²) in [6, 6.07) is 8.73.